The van der Waals surface area contributed by atoms with Crippen LogP contribution in [-0.4, -0.2) is 27.7 Å². The van der Waals surface area contributed by atoms with Crippen LogP contribution in [0.15, 0.2) is 41.5 Å². The average Bonchev–Trinajstić information content (AvgIpc) is 3.02. The molecule has 0 unspecified atom stereocenters. The second-order valence-electron chi connectivity index (χ2n) is 6.98. The van der Waals surface area contributed by atoms with Crippen molar-refractivity contribution in [2.75, 3.05) is 6.61 Å². The van der Waals surface area contributed by atoms with Crippen LogP contribution >= 0.6 is 0 Å². The third-order valence-electron chi connectivity index (χ3n) is 4.83. The summed E-state index contributed by atoms with van der Waals surface area (Å²) in [5.74, 6) is 0.104. The van der Waals surface area contributed by atoms with Gasteiger partial charge in [-0.2, -0.15) is 0 Å². The molecule has 0 aliphatic rings. The number of hydrogen-bond acceptors (Lipinski definition) is 4. The number of carbonyl (C=O) groups excluding carboxylic acids is 1. The lowest BCUT2D eigenvalue weighted by Gasteiger charge is -2.20. The van der Waals surface area contributed by atoms with Crippen molar-refractivity contribution in [2.45, 2.75) is 44.7 Å². The van der Waals surface area contributed by atoms with Gasteiger partial charge in [0.25, 0.3) is 0 Å². The van der Waals surface area contributed by atoms with Crippen LogP contribution in [0.2, 0.25) is 0 Å². The zero-order valence-corrected chi connectivity index (χ0v) is 15.9. The highest BCUT2D eigenvalue weighted by Crippen LogP contribution is 2.17. The monoisotopic (exact) mass is 369 g/mol. The molecule has 7 heteroatoms. The van der Waals surface area contributed by atoms with Crippen molar-refractivity contribution < 1.29 is 9.90 Å². The van der Waals surface area contributed by atoms with Gasteiger partial charge in [-0.15, -0.1) is 0 Å². The van der Waals surface area contributed by atoms with Crippen LogP contribution in [0.3, 0.4) is 0 Å². The Balaban J connectivity index is 1.92. The van der Waals surface area contributed by atoms with Gasteiger partial charge in [-0.25, -0.2) is 0 Å². The molecule has 1 heterocycles. The summed E-state index contributed by atoms with van der Waals surface area (Å²) in [6.07, 6.45) is 2.97. The number of hydrogen-bond donors (Lipinski definition) is 2. The average molecular weight is 369 g/mol. The van der Waals surface area contributed by atoms with Crippen molar-refractivity contribution in [1.82, 2.24) is 4.57 Å². The summed E-state index contributed by atoms with van der Waals surface area (Å²) < 4.78 is 1.85. The van der Waals surface area contributed by atoms with E-state index < -0.39 is 12.3 Å². The van der Waals surface area contributed by atoms with Crippen molar-refractivity contribution in [1.29, 1.82) is 0 Å². The molecule has 0 aliphatic carbocycles. The summed E-state index contributed by atoms with van der Waals surface area (Å²) in [6.45, 7) is 1.63. The molecule has 0 saturated carbocycles. The molecule has 1 atom stereocenters. The smallest absolute Gasteiger partial charge is 0.179 e. The third kappa shape index (κ3) is 5.69. The van der Waals surface area contributed by atoms with Gasteiger partial charge < -0.3 is 15.4 Å². The van der Waals surface area contributed by atoms with Gasteiger partial charge in [-0.1, -0.05) is 34.9 Å². The molecular formula is C20H27N5O2. The van der Waals surface area contributed by atoms with E-state index in [1.165, 1.54) is 11.1 Å². The van der Waals surface area contributed by atoms with Crippen molar-refractivity contribution in [3.05, 3.63) is 69.4 Å². The van der Waals surface area contributed by atoms with E-state index in [1.807, 2.05) is 23.7 Å². The maximum absolute atomic E-state index is 12.5. The Morgan fingerprint density at radius 3 is 2.59 bits per heavy atom. The standard InChI is InChI=1S/C20H27N5O2/c1-15-6-8-16(9-7-15)4-3-5-19(27)18-11-10-17(25(18)2)12-13-20(21,14-26)23-24-22/h6-11,26H,3-5,12-14,21H2,1-2H3/t20-/m0/s1. The normalized spacial score (nSPS) is 13.0. The third-order valence-corrected chi connectivity index (χ3v) is 4.83. The number of rotatable bonds is 10. The number of aliphatic hydroxyl groups is 1. The lowest BCUT2D eigenvalue weighted by molar-refractivity contribution is 0.0972. The molecule has 27 heavy (non-hydrogen) atoms. The first-order valence-corrected chi connectivity index (χ1v) is 9.08. The van der Waals surface area contributed by atoms with E-state index in [4.69, 9.17) is 11.3 Å². The summed E-state index contributed by atoms with van der Waals surface area (Å²) in [5, 5.41) is 12.8. The van der Waals surface area contributed by atoms with Crippen molar-refractivity contribution in [3.63, 3.8) is 0 Å². The first kappa shape index (κ1) is 20.7. The number of Topliss-reactive ketones (excluding diaryl/α,β-unsaturated/α-hetero) is 1. The Morgan fingerprint density at radius 2 is 1.96 bits per heavy atom. The lowest BCUT2D eigenvalue weighted by Crippen LogP contribution is -2.41. The van der Waals surface area contributed by atoms with Gasteiger partial charge in [0.15, 0.2) is 5.78 Å². The van der Waals surface area contributed by atoms with Crippen LogP contribution in [0.1, 0.15) is 46.6 Å². The van der Waals surface area contributed by atoms with E-state index in [0.29, 0.717) is 25.0 Å². The number of nitrogens with two attached hydrogens (primary N) is 1. The Kier molecular flexibility index (Phi) is 7.19. The predicted octanol–water partition coefficient (Wildman–Crippen LogP) is 3.43. The van der Waals surface area contributed by atoms with Gasteiger partial charge in [0.05, 0.1) is 12.3 Å². The van der Waals surface area contributed by atoms with E-state index in [0.717, 1.165) is 18.5 Å². The number of azide groups is 1. The van der Waals surface area contributed by atoms with Crippen LogP contribution in [-0.2, 0) is 19.9 Å². The molecule has 1 aromatic carbocycles. The van der Waals surface area contributed by atoms with E-state index in [-0.39, 0.29) is 5.78 Å². The summed E-state index contributed by atoms with van der Waals surface area (Å²) in [4.78, 5) is 15.2. The minimum absolute atomic E-state index is 0.104. The highest BCUT2D eigenvalue weighted by molar-refractivity contribution is 5.94. The number of ketones is 1. The minimum Gasteiger partial charge on any atom is -0.394 e. The van der Waals surface area contributed by atoms with Crippen LogP contribution in [0.4, 0.5) is 0 Å². The lowest BCUT2D eigenvalue weighted by atomic mass is 10.0. The van der Waals surface area contributed by atoms with Crippen LogP contribution < -0.4 is 5.73 Å². The molecule has 0 aliphatic heterocycles. The number of carbonyl (C=O) groups is 1. The number of benzene rings is 1. The number of aromatic nitrogens is 1. The Morgan fingerprint density at radius 1 is 1.26 bits per heavy atom. The fourth-order valence-corrected chi connectivity index (χ4v) is 3.01. The highest BCUT2D eigenvalue weighted by atomic mass is 16.3. The van der Waals surface area contributed by atoms with Gasteiger partial charge in [0, 0.05) is 24.1 Å². The topological polar surface area (TPSA) is 117 Å². The molecule has 0 amide bonds. The molecule has 0 radical (unpaired) electrons. The molecule has 144 valence electrons. The zero-order chi connectivity index (χ0) is 19.9. The Labute approximate surface area is 159 Å². The van der Waals surface area contributed by atoms with Gasteiger partial charge in [-0.05, 0) is 55.8 Å². The number of aliphatic hydroxyl groups excluding tert-OH is 1. The Hall–Kier alpha value is -2.60. The number of aryl methyl sites for hydroxylation is 3. The summed E-state index contributed by atoms with van der Waals surface area (Å²) >= 11 is 0. The van der Waals surface area contributed by atoms with Crippen molar-refractivity contribution in [3.8, 4) is 0 Å². The fraction of sp³-hybridized carbons (Fsp3) is 0.450. The highest BCUT2D eigenvalue weighted by Gasteiger charge is 2.23. The van der Waals surface area contributed by atoms with Gasteiger partial charge in [0.2, 0.25) is 0 Å². The van der Waals surface area contributed by atoms with Crippen LogP contribution in [0.25, 0.3) is 10.4 Å². The van der Waals surface area contributed by atoms with Crippen LogP contribution in [0, 0.1) is 6.92 Å². The molecule has 0 spiro atoms. The maximum atomic E-state index is 12.5. The van der Waals surface area contributed by atoms with E-state index >= 15 is 0 Å². The van der Waals surface area contributed by atoms with Crippen molar-refractivity contribution in [2.24, 2.45) is 17.9 Å². The SMILES string of the molecule is Cc1ccc(CCCC(=O)c2ccc(CC[C@@](N)(CO)N=[N+]=[N-])n2C)cc1. The molecule has 2 aromatic rings. The molecule has 3 N–H and O–H groups in total. The fourth-order valence-electron chi connectivity index (χ4n) is 3.01. The number of nitrogens with zero attached hydrogens (tertiary/aromatic N) is 4. The molecule has 2 rings (SSSR count). The maximum Gasteiger partial charge on any atom is 0.179 e. The molecule has 0 fully saturated rings. The molecular weight excluding hydrogens is 342 g/mol. The Bertz CT molecular complexity index is 821. The second-order valence-corrected chi connectivity index (χ2v) is 6.98. The summed E-state index contributed by atoms with van der Waals surface area (Å²) in [7, 11) is 1.84. The minimum atomic E-state index is -1.32. The molecule has 0 saturated heterocycles. The van der Waals surface area contributed by atoms with Crippen molar-refractivity contribution >= 4 is 5.78 Å². The first-order valence-electron chi connectivity index (χ1n) is 9.08. The van der Waals surface area contributed by atoms with Gasteiger partial charge >= 0.3 is 0 Å². The van der Waals surface area contributed by atoms with Crippen LogP contribution in [0.5, 0.6) is 0 Å². The van der Waals surface area contributed by atoms with E-state index in [1.54, 1.807) is 0 Å². The summed E-state index contributed by atoms with van der Waals surface area (Å²) in [5.41, 5.74) is 17.1. The van der Waals surface area contributed by atoms with Gasteiger partial charge in [0.1, 0.15) is 5.66 Å². The predicted molar refractivity (Wildman–Crippen MR) is 105 cm³/mol. The molecule has 1 aromatic heterocycles. The quantitative estimate of drug-likeness (QED) is 0.289. The van der Waals surface area contributed by atoms with Gasteiger partial charge in [-0.3, -0.25) is 4.79 Å². The van der Waals surface area contributed by atoms with E-state index in [2.05, 4.69) is 41.2 Å². The summed E-state index contributed by atoms with van der Waals surface area (Å²) in [6, 6.07) is 12.1. The first-order chi connectivity index (χ1) is 12.9. The zero-order valence-electron chi connectivity index (χ0n) is 15.9. The molecule has 0 bridgehead atoms. The van der Waals surface area contributed by atoms with E-state index in [9.17, 15) is 9.90 Å². The largest absolute Gasteiger partial charge is 0.394 e. The second kappa shape index (κ2) is 9.37. The molecule has 7 nitrogen and oxygen atoms in total.